The van der Waals surface area contributed by atoms with E-state index in [1.165, 1.54) is 65.0 Å². The van der Waals surface area contributed by atoms with E-state index in [2.05, 4.69) is 12.2 Å². The van der Waals surface area contributed by atoms with E-state index >= 15 is 0 Å². The van der Waals surface area contributed by atoms with Crippen molar-refractivity contribution in [2.45, 2.75) is 62.2 Å². The van der Waals surface area contributed by atoms with E-state index in [9.17, 15) is 4.79 Å². The van der Waals surface area contributed by atoms with Crippen LogP contribution in [0.5, 0.6) is 0 Å². The van der Waals surface area contributed by atoms with Crippen LogP contribution in [0.3, 0.4) is 0 Å². The molecule has 6 nitrogen and oxygen atoms in total. The predicted molar refractivity (Wildman–Crippen MR) is 136 cm³/mol. The summed E-state index contributed by atoms with van der Waals surface area (Å²) in [6.45, 7) is 2.62. The van der Waals surface area contributed by atoms with Gasteiger partial charge in [-0.15, -0.1) is 11.3 Å². The van der Waals surface area contributed by atoms with Gasteiger partial charge in [0, 0.05) is 11.1 Å². The third-order valence-electron chi connectivity index (χ3n) is 5.90. The largest absolute Gasteiger partial charge is 0.467 e. The fourth-order valence-electron chi connectivity index (χ4n) is 4.32. The number of nitrogens with one attached hydrogen (secondary N) is 1. The number of carbonyl (C=O) groups excluding carboxylic acids is 1. The molecule has 1 N–H and O–H groups in total. The quantitative estimate of drug-likeness (QED) is 0.178. The number of unbranched alkanes of at least 4 members (excludes halogenated alkanes) is 1. The summed E-state index contributed by atoms with van der Waals surface area (Å²) in [5.41, 5.74) is 5.16. The van der Waals surface area contributed by atoms with Crippen LogP contribution in [0.2, 0.25) is 0 Å². The Hall–Kier alpha value is -2.10. The van der Waals surface area contributed by atoms with E-state index in [0.29, 0.717) is 12.3 Å². The first-order chi connectivity index (χ1) is 16.2. The third kappa shape index (κ3) is 4.63. The maximum absolute atomic E-state index is 12.4. The summed E-state index contributed by atoms with van der Waals surface area (Å²) in [5, 5.41) is 5.72. The Morgan fingerprint density at radius 1 is 1.24 bits per heavy atom. The maximum Gasteiger partial charge on any atom is 0.230 e. The lowest BCUT2D eigenvalue weighted by molar-refractivity contribution is -0.118. The zero-order chi connectivity index (χ0) is 22.8. The van der Waals surface area contributed by atoms with Crippen molar-refractivity contribution in [1.82, 2.24) is 20.3 Å². The minimum absolute atomic E-state index is 0.0455. The molecular weight excluding hydrogens is 472 g/mol. The van der Waals surface area contributed by atoms with Gasteiger partial charge in [0.2, 0.25) is 5.91 Å². The van der Waals surface area contributed by atoms with E-state index in [1.54, 1.807) is 17.6 Å². The summed E-state index contributed by atoms with van der Waals surface area (Å²) in [5.74, 6) is 0.990. The first-order valence-corrected chi connectivity index (χ1v) is 14.3. The van der Waals surface area contributed by atoms with Crippen molar-refractivity contribution in [2.24, 2.45) is 0 Å². The van der Waals surface area contributed by atoms with E-state index < -0.39 is 0 Å². The van der Waals surface area contributed by atoms with Crippen LogP contribution in [0.25, 0.3) is 20.4 Å². The van der Waals surface area contributed by atoms with E-state index in [0.717, 1.165) is 50.3 Å². The van der Waals surface area contributed by atoms with Gasteiger partial charge >= 0.3 is 0 Å². The van der Waals surface area contributed by atoms with Crippen molar-refractivity contribution in [3.8, 4) is 0 Å². The standard InChI is InChI=1S/C24H26N4O2S3/c1-3-4-10-17-15-8-5-9-16(15)19-20-21(33-22(19)26-17)23(28-24(27-20)31-2)32-13-18(29)25-12-14-7-6-11-30-14/h6-7,11H,3-5,8-10,12-13H2,1-2H3,(H,25,29). The van der Waals surface area contributed by atoms with Gasteiger partial charge in [-0.05, 0) is 61.6 Å². The number of aromatic nitrogens is 3. The topological polar surface area (TPSA) is 80.9 Å². The Kier molecular flexibility index (Phi) is 6.89. The average molecular weight is 499 g/mol. The molecule has 1 aliphatic carbocycles. The molecule has 0 aliphatic heterocycles. The zero-order valence-electron chi connectivity index (χ0n) is 18.8. The molecular formula is C24H26N4O2S3. The van der Waals surface area contributed by atoms with Gasteiger partial charge in [0.25, 0.3) is 0 Å². The summed E-state index contributed by atoms with van der Waals surface area (Å²) in [6.07, 6.45) is 10.4. The summed E-state index contributed by atoms with van der Waals surface area (Å²) < 4.78 is 6.33. The second-order valence-electron chi connectivity index (χ2n) is 8.09. The number of pyridine rings is 1. The van der Waals surface area contributed by atoms with Crippen molar-refractivity contribution in [3.63, 3.8) is 0 Å². The van der Waals surface area contributed by atoms with Gasteiger partial charge in [-0.3, -0.25) is 4.79 Å². The van der Waals surface area contributed by atoms with E-state index in [4.69, 9.17) is 19.4 Å². The minimum Gasteiger partial charge on any atom is -0.467 e. The molecule has 0 unspecified atom stereocenters. The number of rotatable bonds is 9. The lowest BCUT2D eigenvalue weighted by Crippen LogP contribution is -2.24. The summed E-state index contributed by atoms with van der Waals surface area (Å²) >= 11 is 4.67. The SMILES string of the molecule is CCCCc1nc2sc3c(SCC(=O)NCc4ccco4)nc(SC)nc3c2c2c1CCC2. The highest BCUT2D eigenvalue weighted by Gasteiger charge is 2.25. The van der Waals surface area contributed by atoms with E-state index in [-0.39, 0.29) is 5.91 Å². The maximum atomic E-state index is 12.4. The van der Waals surface area contributed by atoms with Crippen molar-refractivity contribution in [2.75, 3.05) is 12.0 Å². The second kappa shape index (κ2) is 10.0. The molecule has 1 amide bonds. The molecule has 4 heterocycles. The van der Waals surface area contributed by atoms with Gasteiger partial charge < -0.3 is 9.73 Å². The fraction of sp³-hybridized carbons (Fsp3) is 0.417. The van der Waals surface area contributed by atoms with Crippen LogP contribution >= 0.6 is 34.9 Å². The second-order valence-corrected chi connectivity index (χ2v) is 10.8. The smallest absolute Gasteiger partial charge is 0.230 e. The number of carbonyl (C=O) groups is 1. The van der Waals surface area contributed by atoms with Crippen LogP contribution in [0.4, 0.5) is 0 Å². The molecule has 0 fully saturated rings. The van der Waals surface area contributed by atoms with Gasteiger partial charge in [0.1, 0.15) is 15.6 Å². The van der Waals surface area contributed by atoms with Crippen LogP contribution < -0.4 is 5.32 Å². The number of nitrogens with zero attached hydrogens (tertiary/aromatic N) is 3. The highest BCUT2D eigenvalue weighted by Crippen LogP contribution is 2.43. The van der Waals surface area contributed by atoms with E-state index in [1.807, 2.05) is 18.4 Å². The van der Waals surface area contributed by atoms with Crippen LogP contribution in [0, 0.1) is 0 Å². The normalized spacial score (nSPS) is 13.2. The lowest BCUT2D eigenvalue weighted by Gasteiger charge is -2.09. The van der Waals surface area contributed by atoms with Gasteiger partial charge in [0.05, 0.1) is 28.8 Å². The van der Waals surface area contributed by atoms with Crippen LogP contribution in [-0.4, -0.2) is 32.9 Å². The molecule has 1 aliphatic rings. The molecule has 9 heteroatoms. The number of hydrogen-bond acceptors (Lipinski definition) is 8. The zero-order valence-corrected chi connectivity index (χ0v) is 21.2. The molecule has 0 radical (unpaired) electrons. The summed E-state index contributed by atoms with van der Waals surface area (Å²) in [6, 6.07) is 3.67. The predicted octanol–water partition coefficient (Wildman–Crippen LogP) is 5.79. The molecule has 0 saturated carbocycles. The number of thioether (sulfide) groups is 2. The number of amides is 1. The molecule has 5 rings (SSSR count). The first-order valence-electron chi connectivity index (χ1n) is 11.3. The van der Waals surface area contributed by atoms with Crippen molar-refractivity contribution in [1.29, 1.82) is 0 Å². The Balaban J connectivity index is 1.48. The number of fused-ring (bicyclic) bond motifs is 5. The minimum atomic E-state index is -0.0455. The van der Waals surface area contributed by atoms with Gasteiger partial charge in [-0.25, -0.2) is 15.0 Å². The molecule has 0 saturated heterocycles. The summed E-state index contributed by atoms with van der Waals surface area (Å²) in [4.78, 5) is 28.3. The lowest BCUT2D eigenvalue weighted by atomic mass is 10.0. The highest BCUT2D eigenvalue weighted by atomic mass is 32.2. The average Bonchev–Trinajstić information content (AvgIpc) is 3.58. The Morgan fingerprint density at radius 3 is 2.91 bits per heavy atom. The van der Waals surface area contributed by atoms with Gasteiger partial charge in [-0.1, -0.05) is 36.9 Å². The highest BCUT2D eigenvalue weighted by molar-refractivity contribution is 8.00. The Bertz CT molecular complexity index is 1300. The van der Waals surface area contributed by atoms with Crippen LogP contribution in [0.15, 0.2) is 33.0 Å². The number of aryl methyl sites for hydroxylation is 2. The molecule has 172 valence electrons. The number of furan rings is 1. The van der Waals surface area contributed by atoms with Crippen molar-refractivity contribution < 1.29 is 9.21 Å². The number of thiophene rings is 1. The Morgan fingerprint density at radius 2 is 2.12 bits per heavy atom. The molecule has 0 aromatic carbocycles. The van der Waals surface area contributed by atoms with Crippen molar-refractivity contribution >= 4 is 61.2 Å². The van der Waals surface area contributed by atoms with Crippen LogP contribution in [0.1, 0.15) is 48.8 Å². The number of hydrogen-bond donors (Lipinski definition) is 1. The molecule has 0 atom stereocenters. The summed E-state index contributed by atoms with van der Waals surface area (Å²) in [7, 11) is 0. The fourth-order valence-corrected chi connectivity index (χ4v) is 6.85. The molecule has 4 aromatic heterocycles. The first kappa shape index (κ1) is 22.7. The van der Waals surface area contributed by atoms with Crippen molar-refractivity contribution in [3.05, 3.63) is 41.0 Å². The van der Waals surface area contributed by atoms with Gasteiger partial charge in [0.15, 0.2) is 5.16 Å². The van der Waals surface area contributed by atoms with Gasteiger partial charge in [-0.2, -0.15) is 0 Å². The molecule has 0 spiro atoms. The molecule has 0 bridgehead atoms. The van der Waals surface area contributed by atoms with Crippen LogP contribution in [-0.2, 0) is 30.6 Å². The molecule has 33 heavy (non-hydrogen) atoms. The monoisotopic (exact) mass is 498 g/mol. The Labute approximate surface area is 205 Å². The molecule has 4 aromatic rings. The third-order valence-corrected chi connectivity index (χ3v) is 8.63.